The minimum Gasteiger partial charge on any atom is -0.477 e. The number of nitrogens with zero attached hydrogens (tertiary/aromatic N) is 2. The maximum atomic E-state index is 5.31. The average Bonchev–Trinajstić information content (AvgIpc) is 2.25. The van der Waals surface area contributed by atoms with Gasteiger partial charge in [-0.15, -0.1) is 28.5 Å². The van der Waals surface area contributed by atoms with Crippen LogP contribution in [0.15, 0.2) is 29.8 Å². The van der Waals surface area contributed by atoms with Gasteiger partial charge in [0.15, 0.2) is 0 Å². The number of ether oxygens (including phenoxy) is 1. The first-order chi connectivity index (χ1) is 6.86. The summed E-state index contributed by atoms with van der Waals surface area (Å²) in [7, 11) is 0. The molecule has 0 saturated heterocycles. The summed E-state index contributed by atoms with van der Waals surface area (Å²) >= 11 is 1.61. The number of hydrogen-bond acceptors (Lipinski definition) is 4. The maximum Gasteiger partial charge on any atom is 0.233 e. The van der Waals surface area contributed by atoms with Crippen LogP contribution in [0.1, 0.15) is 13.3 Å². The molecule has 0 fully saturated rings. The van der Waals surface area contributed by atoms with Crippen molar-refractivity contribution in [3.8, 4) is 5.88 Å². The number of thioether (sulfide) groups is 1. The molecule has 1 heterocycles. The molecule has 0 spiro atoms. The highest BCUT2D eigenvalue weighted by molar-refractivity contribution is 7.99. The van der Waals surface area contributed by atoms with Crippen molar-refractivity contribution in [2.24, 2.45) is 0 Å². The minimum atomic E-state index is 0.592. The molecule has 0 aliphatic heterocycles. The maximum absolute atomic E-state index is 5.31. The fourth-order valence-electron chi connectivity index (χ4n) is 0.813. The predicted molar refractivity (Wildman–Crippen MR) is 58.7 cm³/mol. The Bertz CT molecular complexity index is 274. The summed E-state index contributed by atoms with van der Waals surface area (Å²) in [4.78, 5) is 0. The molecule has 3 nitrogen and oxygen atoms in total. The Balaban J connectivity index is 2.46. The van der Waals surface area contributed by atoms with Gasteiger partial charge in [-0.25, -0.2) is 0 Å². The Hall–Kier alpha value is -1.03. The first-order valence-electron chi connectivity index (χ1n) is 4.57. The zero-order chi connectivity index (χ0) is 10.2. The van der Waals surface area contributed by atoms with Crippen molar-refractivity contribution in [2.45, 2.75) is 18.4 Å². The van der Waals surface area contributed by atoms with Crippen molar-refractivity contribution in [1.82, 2.24) is 10.2 Å². The van der Waals surface area contributed by atoms with Gasteiger partial charge >= 0.3 is 0 Å². The second-order valence-electron chi connectivity index (χ2n) is 2.66. The van der Waals surface area contributed by atoms with Gasteiger partial charge in [0.1, 0.15) is 5.03 Å². The topological polar surface area (TPSA) is 35.0 Å². The predicted octanol–water partition coefficient (Wildman–Crippen LogP) is 2.54. The zero-order valence-corrected chi connectivity index (χ0v) is 9.09. The molecule has 0 unspecified atom stereocenters. The van der Waals surface area contributed by atoms with Gasteiger partial charge in [0, 0.05) is 11.8 Å². The van der Waals surface area contributed by atoms with Gasteiger partial charge in [-0.1, -0.05) is 13.0 Å². The Labute approximate surface area is 88.6 Å². The standard InChI is InChI=1S/C10H14N2OS/c1-3-7-13-9-5-6-10(12-11-9)14-8-4-2/h4-6H,2-3,7-8H2,1H3. The second-order valence-corrected chi connectivity index (χ2v) is 3.70. The van der Waals surface area contributed by atoms with Crippen molar-refractivity contribution < 1.29 is 4.74 Å². The van der Waals surface area contributed by atoms with Crippen molar-refractivity contribution in [3.05, 3.63) is 24.8 Å². The van der Waals surface area contributed by atoms with Crippen LogP contribution in [0.3, 0.4) is 0 Å². The zero-order valence-electron chi connectivity index (χ0n) is 8.27. The fourth-order valence-corrected chi connectivity index (χ4v) is 1.36. The van der Waals surface area contributed by atoms with Crippen LogP contribution in [0.4, 0.5) is 0 Å². The molecule has 1 rings (SSSR count). The monoisotopic (exact) mass is 210 g/mol. The van der Waals surface area contributed by atoms with E-state index in [9.17, 15) is 0 Å². The van der Waals surface area contributed by atoms with Crippen LogP contribution < -0.4 is 4.74 Å². The summed E-state index contributed by atoms with van der Waals surface area (Å²) in [6.07, 6.45) is 2.82. The van der Waals surface area contributed by atoms with E-state index in [-0.39, 0.29) is 0 Å². The summed E-state index contributed by atoms with van der Waals surface area (Å²) in [5, 5.41) is 8.85. The third kappa shape index (κ3) is 3.79. The van der Waals surface area contributed by atoms with Crippen molar-refractivity contribution in [3.63, 3.8) is 0 Å². The molecular formula is C10H14N2OS. The Morgan fingerprint density at radius 3 is 2.93 bits per heavy atom. The van der Waals surface area contributed by atoms with Gasteiger partial charge < -0.3 is 4.74 Å². The minimum absolute atomic E-state index is 0.592. The largest absolute Gasteiger partial charge is 0.477 e. The van der Waals surface area contributed by atoms with E-state index in [1.807, 2.05) is 18.2 Å². The van der Waals surface area contributed by atoms with E-state index in [2.05, 4.69) is 23.7 Å². The average molecular weight is 210 g/mol. The van der Waals surface area contributed by atoms with Crippen LogP contribution in [-0.4, -0.2) is 22.6 Å². The Kier molecular flexibility index (Phi) is 5.07. The van der Waals surface area contributed by atoms with E-state index in [1.54, 1.807) is 11.8 Å². The fraction of sp³-hybridized carbons (Fsp3) is 0.400. The van der Waals surface area contributed by atoms with Gasteiger partial charge in [-0.05, 0) is 12.5 Å². The molecule has 0 radical (unpaired) electrons. The molecule has 0 saturated carbocycles. The van der Waals surface area contributed by atoms with Crippen molar-refractivity contribution in [1.29, 1.82) is 0 Å². The van der Waals surface area contributed by atoms with Crippen LogP contribution in [-0.2, 0) is 0 Å². The first-order valence-corrected chi connectivity index (χ1v) is 5.55. The molecule has 0 amide bonds. The van der Waals surface area contributed by atoms with E-state index in [0.717, 1.165) is 17.2 Å². The molecule has 0 N–H and O–H groups in total. The summed E-state index contributed by atoms with van der Waals surface area (Å²) in [6.45, 7) is 6.39. The van der Waals surface area contributed by atoms with Crippen LogP contribution in [0.2, 0.25) is 0 Å². The molecule has 4 heteroatoms. The van der Waals surface area contributed by atoms with Crippen molar-refractivity contribution >= 4 is 11.8 Å². The molecule has 0 aliphatic carbocycles. The van der Waals surface area contributed by atoms with Gasteiger partial charge in [-0.2, -0.15) is 0 Å². The van der Waals surface area contributed by atoms with Gasteiger partial charge in [0.25, 0.3) is 0 Å². The van der Waals surface area contributed by atoms with E-state index in [1.165, 1.54) is 0 Å². The summed E-state index contributed by atoms with van der Waals surface area (Å²) in [5.74, 6) is 1.44. The number of rotatable bonds is 6. The molecular weight excluding hydrogens is 196 g/mol. The molecule has 0 bridgehead atoms. The Morgan fingerprint density at radius 2 is 2.36 bits per heavy atom. The van der Waals surface area contributed by atoms with E-state index < -0.39 is 0 Å². The van der Waals surface area contributed by atoms with Gasteiger partial charge in [0.2, 0.25) is 5.88 Å². The van der Waals surface area contributed by atoms with Gasteiger partial charge in [0.05, 0.1) is 6.61 Å². The molecule has 0 atom stereocenters. The molecule has 14 heavy (non-hydrogen) atoms. The van der Waals surface area contributed by atoms with E-state index >= 15 is 0 Å². The van der Waals surface area contributed by atoms with Crippen LogP contribution in [0, 0.1) is 0 Å². The molecule has 76 valence electrons. The van der Waals surface area contributed by atoms with E-state index in [0.29, 0.717) is 12.5 Å². The lowest BCUT2D eigenvalue weighted by Gasteiger charge is -2.02. The van der Waals surface area contributed by atoms with Crippen LogP contribution >= 0.6 is 11.8 Å². The molecule has 0 aliphatic rings. The lowest BCUT2D eigenvalue weighted by Crippen LogP contribution is -1.98. The van der Waals surface area contributed by atoms with E-state index in [4.69, 9.17) is 4.74 Å². The third-order valence-corrected chi connectivity index (χ3v) is 2.33. The molecule has 0 aromatic carbocycles. The number of aromatic nitrogens is 2. The number of hydrogen-bond donors (Lipinski definition) is 0. The highest BCUT2D eigenvalue weighted by Gasteiger charge is 1.97. The summed E-state index contributed by atoms with van der Waals surface area (Å²) in [5.41, 5.74) is 0. The lowest BCUT2D eigenvalue weighted by molar-refractivity contribution is 0.300. The smallest absolute Gasteiger partial charge is 0.233 e. The SMILES string of the molecule is C=CCSc1ccc(OCCC)nn1. The quantitative estimate of drug-likeness (QED) is 0.534. The Morgan fingerprint density at radius 1 is 1.50 bits per heavy atom. The molecule has 1 aromatic rings. The highest BCUT2D eigenvalue weighted by atomic mass is 32.2. The van der Waals surface area contributed by atoms with Crippen LogP contribution in [0.25, 0.3) is 0 Å². The normalized spacial score (nSPS) is 9.79. The highest BCUT2D eigenvalue weighted by Crippen LogP contribution is 2.15. The van der Waals surface area contributed by atoms with Crippen molar-refractivity contribution in [2.75, 3.05) is 12.4 Å². The molecule has 1 aromatic heterocycles. The lowest BCUT2D eigenvalue weighted by atomic mass is 10.5. The summed E-state index contributed by atoms with van der Waals surface area (Å²) in [6, 6.07) is 3.75. The van der Waals surface area contributed by atoms with Crippen LogP contribution in [0.5, 0.6) is 5.88 Å². The second kappa shape index (κ2) is 6.43. The summed E-state index contributed by atoms with van der Waals surface area (Å²) < 4.78 is 5.31. The third-order valence-electron chi connectivity index (χ3n) is 1.42. The first kappa shape index (κ1) is 11.0. The van der Waals surface area contributed by atoms with Gasteiger partial charge in [-0.3, -0.25) is 0 Å².